The summed E-state index contributed by atoms with van der Waals surface area (Å²) >= 11 is 0. The Morgan fingerprint density at radius 1 is 0.850 bits per heavy atom. The number of nitrogens with one attached hydrogen (secondary N) is 2. The molecule has 104 valence electrons. The molecular formula is C12H12N4O3S. The van der Waals surface area contributed by atoms with Crippen LogP contribution in [0, 0.1) is 0 Å². The first-order valence-electron chi connectivity index (χ1n) is 5.60. The molecule has 3 N–H and O–H groups in total. The summed E-state index contributed by atoms with van der Waals surface area (Å²) in [6.45, 7) is 0. The van der Waals surface area contributed by atoms with Crippen molar-refractivity contribution in [1.29, 1.82) is 0 Å². The van der Waals surface area contributed by atoms with Gasteiger partial charge in [-0.3, -0.25) is 4.55 Å². The van der Waals surface area contributed by atoms with Crippen LogP contribution in [-0.4, -0.2) is 13.0 Å². The van der Waals surface area contributed by atoms with Crippen molar-refractivity contribution < 1.29 is 13.0 Å². The van der Waals surface area contributed by atoms with Crippen LogP contribution < -0.4 is 10.3 Å². The highest BCUT2D eigenvalue weighted by Gasteiger charge is 2.01. The van der Waals surface area contributed by atoms with Crippen LogP contribution in [0.5, 0.6) is 0 Å². The maximum atomic E-state index is 10.5. The molecule has 0 saturated heterocycles. The van der Waals surface area contributed by atoms with Crippen molar-refractivity contribution in [2.24, 2.45) is 10.2 Å². The smallest absolute Gasteiger partial charge is 0.306 e. The van der Waals surface area contributed by atoms with E-state index in [9.17, 15) is 8.42 Å². The fourth-order valence-electron chi connectivity index (χ4n) is 1.34. The predicted octanol–water partition coefficient (Wildman–Crippen LogP) is 2.82. The highest BCUT2D eigenvalue weighted by Crippen LogP contribution is 2.19. The molecule has 0 aliphatic carbocycles. The van der Waals surface area contributed by atoms with E-state index in [1.54, 1.807) is 29.1 Å². The second-order valence-corrected chi connectivity index (χ2v) is 4.94. The summed E-state index contributed by atoms with van der Waals surface area (Å²) in [4.78, 5) is 1.74. The second-order valence-electron chi connectivity index (χ2n) is 3.78. The summed E-state index contributed by atoms with van der Waals surface area (Å²) < 4.78 is 29.5. The Balaban J connectivity index is 2.00. The van der Waals surface area contributed by atoms with E-state index in [4.69, 9.17) is 4.55 Å². The maximum absolute atomic E-state index is 10.5. The van der Waals surface area contributed by atoms with Crippen molar-refractivity contribution in [2.75, 3.05) is 5.43 Å². The summed E-state index contributed by atoms with van der Waals surface area (Å²) in [6.07, 6.45) is 0. The monoisotopic (exact) mass is 292 g/mol. The number of nitrogens with zero attached hydrogens (tertiary/aromatic N) is 2. The fraction of sp³-hybridized carbons (Fsp3) is 0. The third kappa shape index (κ3) is 4.76. The van der Waals surface area contributed by atoms with Crippen LogP contribution in [-0.2, 0) is 10.3 Å². The minimum atomic E-state index is -4.28. The van der Waals surface area contributed by atoms with Crippen molar-refractivity contribution >= 4 is 27.4 Å². The molecule has 0 bridgehead atoms. The molecule has 0 fully saturated rings. The van der Waals surface area contributed by atoms with Gasteiger partial charge in [-0.1, -0.05) is 18.2 Å². The summed E-state index contributed by atoms with van der Waals surface area (Å²) in [5.74, 6) is 0. The number of hydrogen-bond donors (Lipinski definition) is 3. The first-order valence-corrected chi connectivity index (χ1v) is 7.04. The van der Waals surface area contributed by atoms with Crippen LogP contribution in [0.4, 0.5) is 17.1 Å². The Bertz CT molecular complexity index is 684. The number of rotatable bonds is 5. The van der Waals surface area contributed by atoms with E-state index in [1.807, 2.05) is 30.3 Å². The minimum Gasteiger partial charge on any atom is -0.306 e. The second kappa shape index (κ2) is 6.24. The number of hydrazine groups is 1. The largest absolute Gasteiger partial charge is 0.350 e. The van der Waals surface area contributed by atoms with Gasteiger partial charge in [0.05, 0.1) is 17.1 Å². The van der Waals surface area contributed by atoms with Gasteiger partial charge >= 0.3 is 10.3 Å². The van der Waals surface area contributed by atoms with Crippen LogP contribution in [0.15, 0.2) is 64.8 Å². The molecule has 0 heterocycles. The van der Waals surface area contributed by atoms with Crippen molar-refractivity contribution in [3.8, 4) is 0 Å². The molecule has 0 aliphatic heterocycles. The lowest BCUT2D eigenvalue weighted by molar-refractivity contribution is 0.473. The van der Waals surface area contributed by atoms with Gasteiger partial charge < -0.3 is 5.43 Å². The molecule has 0 atom stereocenters. The zero-order valence-electron chi connectivity index (χ0n) is 10.3. The van der Waals surface area contributed by atoms with E-state index in [0.717, 1.165) is 5.69 Å². The molecule has 20 heavy (non-hydrogen) atoms. The van der Waals surface area contributed by atoms with Crippen molar-refractivity contribution in [1.82, 2.24) is 4.83 Å². The molecule has 2 aromatic rings. The van der Waals surface area contributed by atoms with Gasteiger partial charge in [0.25, 0.3) is 0 Å². The molecule has 0 aromatic heterocycles. The van der Waals surface area contributed by atoms with Crippen LogP contribution in [0.2, 0.25) is 0 Å². The van der Waals surface area contributed by atoms with Gasteiger partial charge in [0, 0.05) is 0 Å². The average Bonchev–Trinajstić information content (AvgIpc) is 2.44. The molecule has 0 aliphatic rings. The van der Waals surface area contributed by atoms with E-state index in [2.05, 4.69) is 15.7 Å². The maximum Gasteiger partial charge on any atom is 0.350 e. The molecule has 0 amide bonds. The Labute approximate surface area is 116 Å². The van der Waals surface area contributed by atoms with Crippen molar-refractivity contribution in [2.45, 2.75) is 0 Å². The van der Waals surface area contributed by atoms with Crippen molar-refractivity contribution in [3.63, 3.8) is 0 Å². The minimum absolute atomic E-state index is 0.460. The number of benzene rings is 2. The molecule has 8 heteroatoms. The zero-order valence-corrected chi connectivity index (χ0v) is 11.1. The fourth-order valence-corrected chi connectivity index (χ4v) is 1.59. The van der Waals surface area contributed by atoms with Gasteiger partial charge in [0.15, 0.2) is 0 Å². The highest BCUT2D eigenvalue weighted by atomic mass is 32.2. The Kier molecular flexibility index (Phi) is 4.41. The zero-order chi connectivity index (χ0) is 14.4. The van der Waals surface area contributed by atoms with Gasteiger partial charge in [-0.05, 0) is 36.4 Å². The molecule has 0 saturated carbocycles. The van der Waals surface area contributed by atoms with Gasteiger partial charge in [-0.15, -0.1) is 4.83 Å². The van der Waals surface area contributed by atoms with Gasteiger partial charge in [0.1, 0.15) is 0 Å². The van der Waals surface area contributed by atoms with Crippen molar-refractivity contribution in [3.05, 3.63) is 54.6 Å². The van der Waals surface area contributed by atoms with Gasteiger partial charge in [-0.2, -0.15) is 18.6 Å². The SMILES string of the molecule is O=S(=O)(O)NNc1ccc(/N=N/c2ccccc2)cc1. The lowest BCUT2D eigenvalue weighted by Gasteiger charge is -2.04. The Morgan fingerprint density at radius 3 is 1.95 bits per heavy atom. The quantitative estimate of drug-likeness (QED) is 0.448. The number of anilines is 1. The molecule has 0 radical (unpaired) electrons. The lowest BCUT2D eigenvalue weighted by atomic mass is 10.3. The molecular weight excluding hydrogens is 280 g/mol. The summed E-state index contributed by atoms with van der Waals surface area (Å²) in [6, 6.07) is 15.8. The standard InChI is InChI=1S/C12H12N4O3S/c17-20(18,19)16-15-12-8-6-11(7-9-12)14-13-10-4-2-1-3-5-10/h1-9,15-16H,(H,17,18,19)/b14-13+. The van der Waals surface area contributed by atoms with Crippen LogP contribution in [0.25, 0.3) is 0 Å². The van der Waals surface area contributed by atoms with Crippen LogP contribution >= 0.6 is 0 Å². The highest BCUT2D eigenvalue weighted by molar-refractivity contribution is 7.83. The van der Waals surface area contributed by atoms with E-state index >= 15 is 0 Å². The summed E-state index contributed by atoms with van der Waals surface area (Å²) in [5.41, 5.74) is 4.14. The third-order valence-electron chi connectivity index (χ3n) is 2.23. The third-order valence-corrected chi connectivity index (χ3v) is 2.59. The van der Waals surface area contributed by atoms with E-state index < -0.39 is 10.3 Å². The van der Waals surface area contributed by atoms with E-state index in [1.165, 1.54) is 0 Å². The Morgan fingerprint density at radius 2 is 1.40 bits per heavy atom. The summed E-state index contributed by atoms with van der Waals surface area (Å²) in [5, 5.41) is 8.08. The summed E-state index contributed by atoms with van der Waals surface area (Å²) in [7, 11) is -4.28. The molecule has 0 spiro atoms. The van der Waals surface area contributed by atoms with E-state index in [-0.39, 0.29) is 0 Å². The molecule has 7 nitrogen and oxygen atoms in total. The first kappa shape index (κ1) is 14.1. The predicted molar refractivity (Wildman–Crippen MR) is 75.4 cm³/mol. The molecule has 2 rings (SSSR count). The number of hydrogen-bond acceptors (Lipinski definition) is 5. The molecule has 2 aromatic carbocycles. The number of azo groups is 1. The van der Waals surface area contributed by atoms with Gasteiger partial charge in [-0.25, -0.2) is 0 Å². The normalized spacial score (nSPS) is 11.7. The average molecular weight is 292 g/mol. The van der Waals surface area contributed by atoms with E-state index in [0.29, 0.717) is 11.4 Å². The lowest BCUT2D eigenvalue weighted by Crippen LogP contribution is -2.28. The topological polar surface area (TPSA) is 103 Å². The van der Waals surface area contributed by atoms with Crippen LogP contribution in [0.3, 0.4) is 0 Å². The van der Waals surface area contributed by atoms with Gasteiger partial charge in [0.2, 0.25) is 0 Å². The Hall–Kier alpha value is -2.29. The first-order chi connectivity index (χ1) is 9.53. The molecule has 0 unspecified atom stereocenters. The van der Waals surface area contributed by atoms with Crippen LogP contribution in [0.1, 0.15) is 0 Å².